The van der Waals surface area contributed by atoms with E-state index in [0.717, 1.165) is 32.7 Å². The number of furan rings is 1. The highest BCUT2D eigenvalue weighted by molar-refractivity contribution is 6.31. The van der Waals surface area contributed by atoms with Crippen molar-refractivity contribution in [3.8, 4) is 79.4 Å². The standard InChI is InChI=1S/C46H28O9/c47-39-35-33(24-15-18-32-30(20-24)28-11-5-6-12-31(28)55-32)36-38(42(50)46(54)44(52)40(36)48)34(37(35)41(49)45(53)43(39)51)29-17-16-25(26-9-3-4-10-27(26)29)23-14-13-21-7-1-2-8-22(21)19-23/h1-20,47-54H. The molecule has 0 fully saturated rings. The first-order valence-corrected chi connectivity index (χ1v) is 17.3. The van der Waals surface area contributed by atoms with E-state index in [1.165, 1.54) is 0 Å². The van der Waals surface area contributed by atoms with E-state index >= 15 is 0 Å². The summed E-state index contributed by atoms with van der Waals surface area (Å²) in [7, 11) is 0. The molecule has 0 aliphatic heterocycles. The van der Waals surface area contributed by atoms with Gasteiger partial charge in [-0.15, -0.1) is 0 Å². The molecule has 1 aromatic heterocycles. The van der Waals surface area contributed by atoms with Gasteiger partial charge in [-0.1, -0.05) is 97.1 Å². The van der Waals surface area contributed by atoms with E-state index in [-0.39, 0.29) is 32.7 Å². The lowest BCUT2D eigenvalue weighted by Gasteiger charge is -2.23. The number of fused-ring (bicyclic) bond motifs is 7. The molecule has 9 aromatic carbocycles. The van der Waals surface area contributed by atoms with E-state index < -0.39 is 46.0 Å². The molecule has 266 valence electrons. The van der Waals surface area contributed by atoms with Gasteiger partial charge in [-0.05, 0) is 68.1 Å². The number of para-hydroxylation sites is 1. The van der Waals surface area contributed by atoms with Gasteiger partial charge in [0.15, 0.2) is 23.0 Å². The number of hydrogen-bond donors (Lipinski definition) is 8. The van der Waals surface area contributed by atoms with Gasteiger partial charge in [0.25, 0.3) is 0 Å². The van der Waals surface area contributed by atoms with Gasteiger partial charge in [0.1, 0.15) is 11.2 Å². The van der Waals surface area contributed by atoms with Crippen molar-refractivity contribution in [2.75, 3.05) is 0 Å². The van der Waals surface area contributed by atoms with Gasteiger partial charge in [0, 0.05) is 43.4 Å². The number of phenolic OH excluding ortho intramolecular Hbond substituents is 8. The second-order valence-electron chi connectivity index (χ2n) is 13.6. The van der Waals surface area contributed by atoms with Crippen molar-refractivity contribution in [2.24, 2.45) is 0 Å². The lowest BCUT2D eigenvalue weighted by molar-refractivity contribution is 0.350. The Morgan fingerprint density at radius 2 is 0.782 bits per heavy atom. The van der Waals surface area contributed by atoms with E-state index in [1.807, 2.05) is 78.9 Å². The Morgan fingerprint density at radius 3 is 1.42 bits per heavy atom. The molecular weight excluding hydrogens is 696 g/mol. The first-order valence-electron chi connectivity index (χ1n) is 17.3. The average Bonchev–Trinajstić information content (AvgIpc) is 3.60. The van der Waals surface area contributed by atoms with Gasteiger partial charge >= 0.3 is 0 Å². The predicted molar refractivity (Wildman–Crippen MR) is 213 cm³/mol. The third-order valence-corrected chi connectivity index (χ3v) is 10.7. The van der Waals surface area contributed by atoms with E-state index in [9.17, 15) is 40.9 Å². The molecule has 0 spiro atoms. The SMILES string of the molecule is Oc1c(O)c(O)c2c(-c3ccc(-c4ccc5ccccc5c4)c4ccccc34)c3c(O)c(O)c(O)c(O)c3c(-c3ccc4oc5ccccc5c4c3)c2c1O. The molecule has 0 aliphatic carbocycles. The van der Waals surface area contributed by atoms with Gasteiger partial charge in [-0.2, -0.15) is 0 Å². The topological polar surface area (TPSA) is 175 Å². The van der Waals surface area contributed by atoms with Crippen LogP contribution >= 0.6 is 0 Å². The molecule has 0 saturated heterocycles. The van der Waals surface area contributed by atoms with E-state index in [2.05, 4.69) is 6.07 Å². The number of hydrogen-bond acceptors (Lipinski definition) is 9. The zero-order valence-electron chi connectivity index (χ0n) is 28.5. The van der Waals surface area contributed by atoms with E-state index in [4.69, 9.17) is 4.42 Å². The molecule has 8 N–H and O–H groups in total. The smallest absolute Gasteiger partial charge is 0.204 e. The molecule has 10 aromatic rings. The monoisotopic (exact) mass is 724 g/mol. The molecule has 0 saturated carbocycles. The van der Waals surface area contributed by atoms with Crippen LogP contribution < -0.4 is 0 Å². The van der Waals surface area contributed by atoms with Crippen LogP contribution in [0.15, 0.2) is 126 Å². The number of rotatable bonds is 3. The fourth-order valence-corrected chi connectivity index (χ4v) is 8.18. The maximum atomic E-state index is 11.8. The molecule has 9 heteroatoms. The molecule has 9 nitrogen and oxygen atoms in total. The first kappa shape index (κ1) is 31.9. The van der Waals surface area contributed by atoms with Crippen LogP contribution in [0.25, 0.3) is 98.4 Å². The van der Waals surface area contributed by atoms with E-state index in [1.54, 1.807) is 36.4 Å². The highest BCUT2D eigenvalue weighted by Gasteiger charge is 2.33. The quantitative estimate of drug-likeness (QED) is 0.0501. The summed E-state index contributed by atoms with van der Waals surface area (Å²) in [6, 6.07) is 37.5. The maximum Gasteiger partial charge on any atom is 0.204 e. The van der Waals surface area contributed by atoms with Crippen molar-refractivity contribution < 1.29 is 45.3 Å². The number of phenols is 8. The summed E-state index contributed by atoms with van der Waals surface area (Å²) >= 11 is 0. The Labute approximate surface area is 310 Å². The van der Waals surface area contributed by atoms with Gasteiger partial charge < -0.3 is 45.3 Å². The van der Waals surface area contributed by atoms with Gasteiger partial charge in [0.2, 0.25) is 23.0 Å². The minimum absolute atomic E-state index is 0.0175. The van der Waals surface area contributed by atoms with Crippen molar-refractivity contribution >= 4 is 65.0 Å². The van der Waals surface area contributed by atoms with Crippen LogP contribution in [0.4, 0.5) is 0 Å². The van der Waals surface area contributed by atoms with Crippen LogP contribution in [-0.2, 0) is 0 Å². The minimum atomic E-state index is -1.03. The maximum absolute atomic E-state index is 11.8. The van der Waals surface area contributed by atoms with Crippen LogP contribution in [0.3, 0.4) is 0 Å². The van der Waals surface area contributed by atoms with Crippen molar-refractivity contribution in [3.05, 3.63) is 121 Å². The summed E-state index contributed by atoms with van der Waals surface area (Å²) in [5.41, 5.74) is 3.50. The average molecular weight is 725 g/mol. The second-order valence-corrected chi connectivity index (χ2v) is 13.6. The molecule has 0 radical (unpaired) electrons. The minimum Gasteiger partial charge on any atom is -0.504 e. The normalized spacial score (nSPS) is 11.9. The number of aromatic hydroxyl groups is 8. The van der Waals surface area contributed by atoms with Crippen molar-refractivity contribution in [1.82, 2.24) is 0 Å². The summed E-state index contributed by atoms with van der Waals surface area (Å²) in [4.78, 5) is 0. The van der Waals surface area contributed by atoms with Crippen molar-refractivity contribution in [1.29, 1.82) is 0 Å². The van der Waals surface area contributed by atoms with Crippen molar-refractivity contribution in [2.45, 2.75) is 0 Å². The van der Waals surface area contributed by atoms with Crippen LogP contribution in [0, 0.1) is 0 Å². The second kappa shape index (κ2) is 11.4. The molecule has 0 amide bonds. The zero-order valence-corrected chi connectivity index (χ0v) is 28.5. The summed E-state index contributed by atoms with van der Waals surface area (Å²) in [6.07, 6.45) is 0. The van der Waals surface area contributed by atoms with Crippen LogP contribution in [0.1, 0.15) is 0 Å². The Kier molecular flexibility index (Phi) is 6.59. The summed E-state index contributed by atoms with van der Waals surface area (Å²) in [6.45, 7) is 0. The molecular formula is C46H28O9. The highest BCUT2D eigenvalue weighted by Crippen LogP contribution is 2.62. The molecule has 0 unspecified atom stereocenters. The van der Waals surface area contributed by atoms with E-state index in [0.29, 0.717) is 33.1 Å². The Balaban J connectivity index is 1.40. The zero-order chi connectivity index (χ0) is 37.9. The van der Waals surface area contributed by atoms with Crippen LogP contribution in [0.2, 0.25) is 0 Å². The lowest BCUT2D eigenvalue weighted by Crippen LogP contribution is -1.95. The molecule has 1 heterocycles. The third-order valence-electron chi connectivity index (χ3n) is 10.7. The fourth-order valence-electron chi connectivity index (χ4n) is 8.18. The molecule has 10 rings (SSSR count). The summed E-state index contributed by atoms with van der Waals surface area (Å²) in [5.74, 6) is -7.49. The molecule has 0 atom stereocenters. The fraction of sp³-hybridized carbons (Fsp3) is 0. The molecule has 55 heavy (non-hydrogen) atoms. The Morgan fingerprint density at radius 1 is 0.309 bits per heavy atom. The van der Waals surface area contributed by atoms with Crippen LogP contribution in [-0.4, -0.2) is 40.9 Å². The summed E-state index contributed by atoms with van der Waals surface area (Å²) < 4.78 is 6.03. The third kappa shape index (κ3) is 4.35. The molecule has 0 aliphatic rings. The Hall–Kier alpha value is -7.78. The summed E-state index contributed by atoms with van der Waals surface area (Å²) in [5, 5.41) is 95.3. The highest BCUT2D eigenvalue weighted by atomic mass is 16.4. The predicted octanol–water partition coefficient (Wildman–Crippen LogP) is 10.8. The molecule has 0 bridgehead atoms. The van der Waals surface area contributed by atoms with Crippen molar-refractivity contribution in [3.63, 3.8) is 0 Å². The Bertz CT molecular complexity index is 3220. The van der Waals surface area contributed by atoms with Crippen LogP contribution in [0.5, 0.6) is 46.0 Å². The van der Waals surface area contributed by atoms with Gasteiger partial charge in [0.05, 0.1) is 0 Å². The lowest BCUT2D eigenvalue weighted by atomic mass is 9.81. The van der Waals surface area contributed by atoms with Gasteiger partial charge in [-0.25, -0.2) is 0 Å². The largest absolute Gasteiger partial charge is 0.504 e. The number of benzene rings is 9. The first-order chi connectivity index (χ1) is 26.6. The van der Waals surface area contributed by atoms with Gasteiger partial charge in [-0.3, -0.25) is 0 Å².